The standard InChI is InChI=1S/C32H44N2O7/c1-39-22-27-6-5-17-34(27)20-28-18-29(25-13-11-24(21-35)12-14-25)41-32(40-28)26-15-9-23(10-16-26)19-33-30(36)7-3-2-4-8-31(37)38/h9-16,27-29,32,35H,2-8,17-22H2,1H3,(H,33,36)(H,37,38). The number of nitrogens with zero attached hydrogens (tertiary/aromatic N) is 1. The highest BCUT2D eigenvalue weighted by Crippen LogP contribution is 2.38. The summed E-state index contributed by atoms with van der Waals surface area (Å²) in [6.45, 7) is 3.02. The number of benzene rings is 2. The molecule has 0 spiro atoms. The van der Waals surface area contributed by atoms with E-state index in [1.54, 1.807) is 7.11 Å². The molecule has 2 fully saturated rings. The number of unbranched alkanes of at least 4 members (excludes halogenated alkanes) is 2. The van der Waals surface area contributed by atoms with Gasteiger partial charge < -0.3 is 29.7 Å². The Labute approximate surface area is 242 Å². The molecule has 2 aliphatic rings. The third kappa shape index (κ3) is 9.61. The lowest BCUT2D eigenvalue weighted by Crippen LogP contribution is -2.42. The number of rotatable bonds is 15. The molecule has 2 saturated heterocycles. The van der Waals surface area contributed by atoms with Gasteiger partial charge in [0.1, 0.15) is 0 Å². The van der Waals surface area contributed by atoms with Crippen molar-refractivity contribution in [3.63, 3.8) is 0 Å². The van der Waals surface area contributed by atoms with Crippen LogP contribution in [0.15, 0.2) is 48.5 Å². The van der Waals surface area contributed by atoms with E-state index >= 15 is 0 Å². The van der Waals surface area contributed by atoms with Gasteiger partial charge in [-0.25, -0.2) is 0 Å². The van der Waals surface area contributed by atoms with E-state index in [0.717, 1.165) is 67.6 Å². The monoisotopic (exact) mass is 568 g/mol. The SMILES string of the molecule is COCC1CCCN1CC1CC(c2ccc(CO)cc2)OC(c2ccc(CNC(=O)CCCCCC(=O)O)cc2)O1. The van der Waals surface area contributed by atoms with Crippen molar-refractivity contribution in [2.45, 2.75) is 89.1 Å². The second-order valence-electron chi connectivity index (χ2n) is 11.1. The summed E-state index contributed by atoms with van der Waals surface area (Å²) in [5, 5.41) is 21.1. The van der Waals surface area contributed by atoms with Crippen LogP contribution in [-0.4, -0.2) is 65.9 Å². The van der Waals surface area contributed by atoms with Gasteiger partial charge in [-0.3, -0.25) is 14.5 Å². The van der Waals surface area contributed by atoms with Gasteiger partial charge in [0.15, 0.2) is 6.29 Å². The molecule has 0 radical (unpaired) electrons. The summed E-state index contributed by atoms with van der Waals surface area (Å²) in [5.74, 6) is -0.832. The first-order valence-electron chi connectivity index (χ1n) is 14.8. The minimum Gasteiger partial charge on any atom is -0.481 e. The Bertz CT molecular complexity index is 1090. The molecular formula is C32H44N2O7. The number of carboxylic acid groups (broad SMARTS) is 1. The first-order valence-corrected chi connectivity index (χ1v) is 14.8. The lowest BCUT2D eigenvalue weighted by atomic mass is 9.99. The van der Waals surface area contributed by atoms with Crippen LogP contribution in [0.5, 0.6) is 0 Å². The predicted octanol–water partition coefficient (Wildman–Crippen LogP) is 4.49. The third-order valence-electron chi connectivity index (χ3n) is 7.95. The number of carbonyl (C=O) groups excluding carboxylic acids is 1. The summed E-state index contributed by atoms with van der Waals surface area (Å²) in [6.07, 6.45) is 4.92. The third-order valence-corrected chi connectivity index (χ3v) is 7.95. The maximum atomic E-state index is 12.2. The molecule has 1 amide bonds. The molecule has 4 rings (SSSR count). The summed E-state index contributed by atoms with van der Waals surface area (Å²) < 4.78 is 18.5. The van der Waals surface area contributed by atoms with Gasteiger partial charge >= 0.3 is 5.97 Å². The van der Waals surface area contributed by atoms with Crippen molar-refractivity contribution in [3.05, 3.63) is 70.8 Å². The summed E-state index contributed by atoms with van der Waals surface area (Å²) in [4.78, 5) is 25.3. The van der Waals surface area contributed by atoms with Crippen molar-refractivity contribution in [2.24, 2.45) is 0 Å². The van der Waals surface area contributed by atoms with E-state index in [-0.39, 0.29) is 31.1 Å². The fourth-order valence-corrected chi connectivity index (χ4v) is 5.63. The summed E-state index contributed by atoms with van der Waals surface area (Å²) in [6, 6.07) is 16.3. The maximum Gasteiger partial charge on any atom is 0.303 e. The van der Waals surface area contributed by atoms with Gasteiger partial charge in [0.05, 0.1) is 25.4 Å². The van der Waals surface area contributed by atoms with Gasteiger partial charge in [0.2, 0.25) is 5.91 Å². The molecule has 0 saturated carbocycles. The molecule has 4 atom stereocenters. The van der Waals surface area contributed by atoms with Crippen molar-refractivity contribution in [3.8, 4) is 0 Å². The van der Waals surface area contributed by atoms with Crippen molar-refractivity contribution >= 4 is 11.9 Å². The number of hydrogen-bond acceptors (Lipinski definition) is 7. The Balaban J connectivity index is 1.36. The molecule has 2 aromatic carbocycles. The molecule has 41 heavy (non-hydrogen) atoms. The Morgan fingerprint density at radius 2 is 1.68 bits per heavy atom. The summed E-state index contributed by atoms with van der Waals surface area (Å²) >= 11 is 0. The predicted molar refractivity (Wildman–Crippen MR) is 154 cm³/mol. The molecular weight excluding hydrogens is 524 g/mol. The van der Waals surface area contributed by atoms with Gasteiger partial charge in [-0.05, 0) is 48.9 Å². The van der Waals surface area contributed by atoms with Gasteiger partial charge in [-0.1, -0.05) is 55.0 Å². The molecule has 9 nitrogen and oxygen atoms in total. The van der Waals surface area contributed by atoms with Crippen LogP contribution >= 0.6 is 0 Å². The number of nitrogens with one attached hydrogen (secondary N) is 1. The van der Waals surface area contributed by atoms with Crippen LogP contribution in [-0.2, 0) is 37.0 Å². The first kappa shape index (κ1) is 31.1. The van der Waals surface area contributed by atoms with Crippen LogP contribution in [0.1, 0.15) is 86.0 Å². The topological polar surface area (TPSA) is 118 Å². The Hall–Kier alpha value is -2.82. The fourth-order valence-electron chi connectivity index (χ4n) is 5.63. The molecule has 0 aliphatic carbocycles. The van der Waals surface area contributed by atoms with Gasteiger partial charge in [0.25, 0.3) is 0 Å². The average Bonchev–Trinajstić information content (AvgIpc) is 3.42. The molecule has 2 heterocycles. The Morgan fingerprint density at radius 1 is 0.976 bits per heavy atom. The number of carbonyl (C=O) groups is 2. The maximum absolute atomic E-state index is 12.2. The largest absolute Gasteiger partial charge is 0.481 e. The highest BCUT2D eigenvalue weighted by Gasteiger charge is 2.35. The molecule has 3 N–H and O–H groups in total. The molecule has 9 heteroatoms. The van der Waals surface area contributed by atoms with E-state index in [1.807, 2.05) is 48.5 Å². The highest BCUT2D eigenvalue weighted by atomic mass is 16.7. The lowest BCUT2D eigenvalue weighted by molar-refractivity contribution is -0.253. The zero-order chi connectivity index (χ0) is 29.0. The molecule has 2 aliphatic heterocycles. The second kappa shape index (κ2) is 16.0. The number of likely N-dealkylation sites (tertiary alicyclic amines) is 1. The van der Waals surface area contributed by atoms with Crippen LogP contribution < -0.4 is 5.32 Å². The number of ether oxygens (including phenoxy) is 3. The van der Waals surface area contributed by atoms with E-state index < -0.39 is 12.3 Å². The zero-order valence-electron chi connectivity index (χ0n) is 24.0. The van der Waals surface area contributed by atoms with Crippen LogP contribution in [0.4, 0.5) is 0 Å². The highest BCUT2D eigenvalue weighted by molar-refractivity contribution is 5.75. The average molecular weight is 569 g/mol. The fraction of sp³-hybridized carbons (Fsp3) is 0.562. The van der Waals surface area contributed by atoms with Crippen LogP contribution in [0.25, 0.3) is 0 Å². The van der Waals surface area contributed by atoms with Crippen molar-refractivity contribution in [1.82, 2.24) is 10.2 Å². The number of carboxylic acids is 1. The minimum absolute atomic E-state index is 0.00953. The smallest absolute Gasteiger partial charge is 0.303 e. The summed E-state index contributed by atoms with van der Waals surface area (Å²) in [5.41, 5.74) is 3.85. The molecule has 224 valence electrons. The first-order chi connectivity index (χ1) is 19.9. The number of hydrogen-bond donors (Lipinski definition) is 3. The Kier molecular flexibility index (Phi) is 12.1. The van der Waals surface area contributed by atoms with Crippen LogP contribution in [0.3, 0.4) is 0 Å². The van der Waals surface area contributed by atoms with E-state index in [0.29, 0.717) is 31.8 Å². The molecule has 2 aromatic rings. The minimum atomic E-state index is -0.799. The van der Waals surface area contributed by atoms with Crippen molar-refractivity contribution in [2.75, 3.05) is 26.8 Å². The van der Waals surface area contributed by atoms with E-state index in [4.69, 9.17) is 19.3 Å². The second-order valence-corrected chi connectivity index (χ2v) is 11.1. The molecule has 0 aromatic heterocycles. The molecule has 4 unspecified atom stereocenters. The number of aliphatic carboxylic acids is 1. The number of aliphatic hydroxyl groups is 1. The number of amides is 1. The lowest BCUT2D eigenvalue weighted by Gasteiger charge is -2.38. The Morgan fingerprint density at radius 3 is 2.39 bits per heavy atom. The van der Waals surface area contributed by atoms with E-state index in [1.165, 1.54) is 0 Å². The van der Waals surface area contributed by atoms with Crippen molar-refractivity contribution in [1.29, 1.82) is 0 Å². The van der Waals surface area contributed by atoms with Gasteiger partial charge in [-0.15, -0.1) is 0 Å². The van der Waals surface area contributed by atoms with E-state index in [2.05, 4.69) is 10.2 Å². The van der Waals surface area contributed by atoms with Crippen LogP contribution in [0, 0.1) is 0 Å². The number of aliphatic hydroxyl groups excluding tert-OH is 1. The van der Waals surface area contributed by atoms with Crippen LogP contribution in [0.2, 0.25) is 0 Å². The normalized spacial score (nSPS) is 23.0. The van der Waals surface area contributed by atoms with Crippen molar-refractivity contribution < 1.29 is 34.0 Å². The summed E-state index contributed by atoms with van der Waals surface area (Å²) in [7, 11) is 1.75. The zero-order valence-corrected chi connectivity index (χ0v) is 24.0. The van der Waals surface area contributed by atoms with Gasteiger partial charge in [-0.2, -0.15) is 0 Å². The molecule has 0 bridgehead atoms. The van der Waals surface area contributed by atoms with E-state index in [9.17, 15) is 14.7 Å². The number of methoxy groups -OCH3 is 1. The quantitative estimate of drug-likeness (QED) is 0.269. The van der Waals surface area contributed by atoms with Gasteiger partial charge in [0, 0.05) is 51.1 Å².